The van der Waals surface area contributed by atoms with Gasteiger partial charge in [0.1, 0.15) is 12.2 Å². The summed E-state index contributed by atoms with van der Waals surface area (Å²) in [4.78, 5) is 24.2. The van der Waals surface area contributed by atoms with Gasteiger partial charge in [0.2, 0.25) is 0 Å². The zero-order valence-electron chi connectivity index (χ0n) is 18.4. The molecule has 166 valence electrons. The largest absolute Gasteiger partial charge is 0.462 e. The zero-order valence-corrected chi connectivity index (χ0v) is 19.2. The number of rotatable bonds is 13. The lowest BCUT2D eigenvalue weighted by molar-refractivity contribution is -0.162. The number of carbonyl (C=O) groups excluding carboxylic acids is 2. The van der Waals surface area contributed by atoms with Crippen LogP contribution in [0.4, 0.5) is 0 Å². The maximum Gasteiger partial charge on any atom is 0.330 e. The number of esters is 2. The Morgan fingerprint density at radius 2 is 2.10 bits per heavy atom. The molecule has 6 heteroatoms. The second-order valence-electron chi connectivity index (χ2n) is 7.80. The van der Waals surface area contributed by atoms with Crippen molar-refractivity contribution in [3.63, 3.8) is 0 Å². The van der Waals surface area contributed by atoms with Crippen LogP contribution in [0.2, 0.25) is 0 Å². The van der Waals surface area contributed by atoms with E-state index in [1.54, 1.807) is 7.11 Å². The molecule has 0 aromatic rings. The molecule has 1 aliphatic heterocycles. The number of hydrogen-bond acceptors (Lipinski definition) is 5. The molecule has 0 saturated carbocycles. The number of alkyl halides is 1. The number of carbonyl (C=O) groups is 2. The highest BCUT2D eigenvalue weighted by Gasteiger charge is 2.36. The number of halogens is 1. The van der Waals surface area contributed by atoms with E-state index in [1.165, 1.54) is 6.08 Å². The fraction of sp³-hybridized carbons (Fsp3) is 0.739. The molecule has 0 spiro atoms. The van der Waals surface area contributed by atoms with E-state index in [4.69, 9.17) is 25.8 Å². The van der Waals surface area contributed by atoms with Gasteiger partial charge in [0.15, 0.2) is 0 Å². The van der Waals surface area contributed by atoms with Crippen LogP contribution in [0.3, 0.4) is 0 Å². The van der Waals surface area contributed by atoms with Crippen molar-refractivity contribution in [2.45, 2.75) is 78.1 Å². The zero-order chi connectivity index (χ0) is 21.8. The van der Waals surface area contributed by atoms with Crippen LogP contribution in [0.25, 0.3) is 0 Å². The van der Waals surface area contributed by atoms with Crippen molar-refractivity contribution in [1.29, 1.82) is 0 Å². The Hall–Kier alpha value is -1.33. The standard InChI is InChI=1S/C23H37ClO5/c1-6-8-10-16(3)23(27-5)17(4)19(28-21(25)11-9-14-24)15-20-18(7-2)12-13-22(26)29-20/h6,8,12-13,16-20,23H,7,9-11,14-15H2,1-5H3/b8-6+/t16-,17-,18+,19+,20+,23+/m0/s1. The van der Waals surface area contributed by atoms with Crippen molar-refractivity contribution in [2.75, 3.05) is 13.0 Å². The van der Waals surface area contributed by atoms with Crippen LogP contribution in [0.15, 0.2) is 24.3 Å². The maximum atomic E-state index is 12.4. The van der Waals surface area contributed by atoms with Crippen molar-refractivity contribution >= 4 is 23.5 Å². The number of hydrogen-bond donors (Lipinski definition) is 0. The molecular formula is C23H37ClO5. The fourth-order valence-electron chi connectivity index (χ4n) is 3.92. The summed E-state index contributed by atoms with van der Waals surface area (Å²) < 4.78 is 17.3. The van der Waals surface area contributed by atoms with Gasteiger partial charge in [-0.1, -0.05) is 39.0 Å². The Morgan fingerprint density at radius 1 is 1.38 bits per heavy atom. The van der Waals surface area contributed by atoms with Gasteiger partial charge < -0.3 is 14.2 Å². The van der Waals surface area contributed by atoms with E-state index in [0.717, 1.165) is 12.8 Å². The Balaban J connectivity index is 3.00. The first-order valence-corrected chi connectivity index (χ1v) is 11.2. The molecule has 0 aromatic heterocycles. The molecule has 0 amide bonds. The van der Waals surface area contributed by atoms with Gasteiger partial charge in [-0.15, -0.1) is 11.6 Å². The van der Waals surface area contributed by atoms with Crippen molar-refractivity contribution in [1.82, 2.24) is 0 Å². The van der Waals surface area contributed by atoms with Gasteiger partial charge in [0, 0.05) is 43.7 Å². The van der Waals surface area contributed by atoms with Crippen LogP contribution < -0.4 is 0 Å². The lowest BCUT2D eigenvalue weighted by atomic mass is 9.83. The Bertz CT molecular complexity index is 559. The Labute approximate surface area is 180 Å². The topological polar surface area (TPSA) is 61.8 Å². The normalized spacial score (nSPS) is 23.4. The van der Waals surface area contributed by atoms with E-state index < -0.39 is 6.10 Å². The summed E-state index contributed by atoms with van der Waals surface area (Å²) in [7, 11) is 1.69. The molecule has 1 aliphatic rings. The van der Waals surface area contributed by atoms with Crippen molar-refractivity contribution in [3.05, 3.63) is 24.3 Å². The van der Waals surface area contributed by atoms with Crippen molar-refractivity contribution in [2.24, 2.45) is 17.8 Å². The minimum Gasteiger partial charge on any atom is -0.462 e. The monoisotopic (exact) mass is 428 g/mol. The molecule has 1 heterocycles. The third-order valence-electron chi connectivity index (χ3n) is 5.64. The second-order valence-corrected chi connectivity index (χ2v) is 8.18. The molecule has 0 aromatic carbocycles. The molecule has 6 atom stereocenters. The van der Waals surface area contributed by atoms with Gasteiger partial charge in [0.05, 0.1) is 6.10 Å². The van der Waals surface area contributed by atoms with E-state index in [0.29, 0.717) is 18.7 Å². The van der Waals surface area contributed by atoms with E-state index in [1.807, 2.05) is 26.0 Å². The fourth-order valence-corrected chi connectivity index (χ4v) is 4.06. The molecule has 1 rings (SSSR count). The third-order valence-corrected chi connectivity index (χ3v) is 5.91. The first-order valence-electron chi connectivity index (χ1n) is 10.7. The predicted molar refractivity (Wildman–Crippen MR) is 116 cm³/mol. The maximum absolute atomic E-state index is 12.4. The number of ether oxygens (including phenoxy) is 3. The molecule has 0 bridgehead atoms. The number of methoxy groups -OCH3 is 1. The van der Waals surface area contributed by atoms with Gasteiger partial charge in [-0.25, -0.2) is 4.79 Å². The molecular weight excluding hydrogens is 392 g/mol. The number of cyclic esters (lactones) is 1. The lowest BCUT2D eigenvalue weighted by Crippen LogP contribution is -2.42. The van der Waals surface area contributed by atoms with E-state index >= 15 is 0 Å². The minimum absolute atomic E-state index is 0.0534. The summed E-state index contributed by atoms with van der Waals surface area (Å²) in [5.41, 5.74) is 0. The Kier molecular flexibility index (Phi) is 12.2. The van der Waals surface area contributed by atoms with Gasteiger partial charge in [-0.3, -0.25) is 4.79 Å². The predicted octanol–water partition coefficient (Wildman–Crippen LogP) is 5.07. The highest BCUT2D eigenvalue weighted by Crippen LogP contribution is 2.31. The molecule has 0 aliphatic carbocycles. The molecule has 0 unspecified atom stereocenters. The minimum atomic E-state index is -0.408. The quantitative estimate of drug-likeness (QED) is 0.233. The van der Waals surface area contributed by atoms with Crippen LogP contribution >= 0.6 is 11.6 Å². The number of allylic oxidation sites excluding steroid dienone is 2. The lowest BCUT2D eigenvalue weighted by Gasteiger charge is -2.36. The molecule has 0 radical (unpaired) electrons. The SMILES string of the molecule is C/C=C/C[C@H](C)[C@@H](OC)[C@@H](C)[C@@H](C[C@H]1OC(=O)C=C[C@H]1CC)OC(=O)CCCCl. The first kappa shape index (κ1) is 25.7. The summed E-state index contributed by atoms with van der Waals surface area (Å²) in [5, 5.41) is 0. The van der Waals surface area contributed by atoms with Crippen LogP contribution in [-0.2, 0) is 23.8 Å². The third kappa shape index (κ3) is 8.51. The summed E-state index contributed by atoms with van der Waals surface area (Å²) >= 11 is 5.72. The average Bonchev–Trinajstić information content (AvgIpc) is 2.70. The van der Waals surface area contributed by atoms with Crippen molar-refractivity contribution < 1.29 is 23.8 Å². The highest BCUT2D eigenvalue weighted by atomic mass is 35.5. The van der Waals surface area contributed by atoms with Gasteiger partial charge in [-0.05, 0) is 32.1 Å². The van der Waals surface area contributed by atoms with Crippen LogP contribution in [0, 0.1) is 17.8 Å². The summed E-state index contributed by atoms with van der Waals surface area (Å²) in [5.74, 6) is 0.117. The highest BCUT2D eigenvalue weighted by molar-refractivity contribution is 6.17. The van der Waals surface area contributed by atoms with Crippen LogP contribution in [0.5, 0.6) is 0 Å². The van der Waals surface area contributed by atoms with E-state index in [2.05, 4.69) is 19.9 Å². The van der Waals surface area contributed by atoms with Crippen molar-refractivity contribution in [3.8, 4) is 0 Å². The Morgan fingerprint density at radius 3 is 2.69 bits per heavy atom. The van der Waals surface area contributed by atoms with Gasteiger partial charge in [0.25, 0.3) is 0 Å². The smallest absolute Gasteiger partial charge is 0.330 e. The van der Waals surface area contributed by atoms with Crippen LogP contribution in [-0.4, -0.2) is 43.2 Å². The molecule has 0 saturated heterocycles. The molecule has 5 nitrogen and oxygen atoms in total. The molecule has 0 N–H and O–H groups in total. The van der Waals surface area contributed by atoms with Gasteiger partial charge in [-0.2, -0.15) is 0 Å². The second kappa shape index (κ2) is 13.8. The van der Waals surface area contributed by atoms with Crippen LogP contribution in [0.1, 0.15) is 59.8 Å². The van der Waals surface area contributed by atoms with E-state index in [9.17, 15) is 9.59 Å². The first-order chi connectivity index (χ1) is 13.9. The molecule has 29 heavy (non-hydrogen) atoms. The molecule has 0 fully saturated rings. The summed E-state index contributed by atoms with van der Waals surface area (Å²) in [6.07, 6.45) is 9.75. The van der Waals surface area contributed by atoms with E-state index in [-0.39, 0.29) is 48.3 Å². The average molecular weight is 429 g/mol. The van der Waals surface area contributed by atoms with Gasteiger partial charge >= 0.3 is 11.9 Å². The summed E-state index contributed by atoms with van der Waals surface area (Å²) in [6.45, 7) is 8.23. The summed E-state index contributed by atoms with van der Waals surface area (Å²) in [6, 6.07) is 0.